The predicted molar refractivity (Wildman–Crippen MR) is 98.9 cm³/mol. The number of ketones is 1. The van der Waals surface area contributed by atoms with Crippen LogP contribution in [0.15, 0.2) is 84.9 Å². The lowest BCUT2D eigenvalue weighted by Gasteiger charge is -2.37. The number of fused-ring (bicyclic) bond motifs is 4. The number of methoxy groups -OCH3 is 1. The summed E-state index contributed by atoms with van der Waals surface area (Å²) in [5, 5.41) is 0. The number of hydrogen-bond acceptors (Lipinski definition) is 4. The quantitative estimate of drug-likeness (QED) is 0.699. The second-order valence-electron chi connectivity index (χ2n) is 6.75. The SMILES string of the molecule is CO[C@]12O[C@H](c3ccccc3)[C@](c3ccccc3)(O1)C(=O)c1ccccc12. The third-order valence-corrected chi connectivity index (χ3v) is 5.35. The second kappa shape index (κ2) is 5.86. The zero-order chi connectivity index (χ0) is 18.5. The minimum absolute atomic E-state index is 0.122. The summed E-state index contributed by atoms with van der Waals surface area (Å²) in [4.78, 5) is 13.8. The molecule has 0 radical (unpaired) electrons. The molecule has 2 aliphatic rings. The molecule has 2 aliphatic heterocycles. The molecule has 4 nitrogen and oxygen atoms in total. The van der Waals surface area contributed by atoms with Crippen LogP contribution in [-0.2, 0) is 25.8 Å². The van der Waals surface area contributed by atoms with E-state index in [2.05, 4.69) is 0 Å². The third kappa shape index (κ3) is 2.12. The van der Waals surface area contributed by atoms with Crippen molar-refractivity contribution in [3.8, 4) is 0 Å². The van der Waals surface area contributed by atoms with Gasteiger partial charge >= 0.3 is 5.97 Å². The first-order valence-corrected chi connectivity index (χ1v) is 8.89. The minimum Gasteiger partial charge on any atom is -0.327 e. The lowest BCUT2D eigenvalue weighted by atomic mass is 9.77. The van der Waals surface area contributed by atoms with Gasteiger partial charge in [-0.15, -0.1) is 0 Å². The summed E-state index contributed by atoms with van der Waals surface area (Å²) in [5.74, 6) is -1.55. The highest BCUT2D eigenvalue weighted by molar-refractivity contribution is 6.06. The Morgan fingerprint density at radius 2 is 1.48 bits per heavy atom. The van der Waals surface area contributed by atoms with E-state index in [1.165, 1.54) is 7.11 Å². The fourth-order valence-electron chi connectivity index (χ4n) is 4.12. The molecule has 5 rings (SSSR count). The maximum atomic E-state index is 13.8. The van der Waals surface area contributed by atoms with Crippen molar-refractivity contribution >= 4 is 5.78 Å². The second-order valence-corrected chi connectivity index (χ2v) is 6.75. The van der Waals surface area contributed by atoms with Gasteiger partial charge in [-0.1, -0.05) is 84.9 Å². The number of carbonyl (C=O) groups is 1. The lowest BCUT2D eigenvalue weighted by Crippen LogP contribution is -2.47. The van der Waals surface area contributed by atoms with E-state index >= 15 is 0 Å². The van der Waals surface area contributed by atoms with E-state index in [0.717, 1.165) is 11.1 Å². The fourth-order valence-corrected chi connectivity index (χ4v) is 4.12. The largest absolute Gasteiger partial charge is 0.327 e. The maximum absolute atomic E-state index is 13.8. The molecule has 0 amide bonds. The molecular formula is C23H18O4. The van der Waals surface area contributed by atoms with Gasteiger partial charge in [-0.05, 0) is 11.1 Å². The normalized spacial score (nSPS) is 28.8. The number of benzene rings is 3. The van der Waals surface area contributed by atoms with Crippen LogP contribution in [0, 0.1) is 0 Å². The van der Waals surface area contributed by atoms with Crippen LogP contribution in [-0.4, -0.2) is 12.9 Å². The molecule has 3 aromatic carbocycles. The summed E-state index contributed by atoms with van der Waals surface area (Å²) in [6, 6.07) is 26.5. The van der Waals surface area contributed by atoms with Crippen LogP contribution in [0.5, 0.6) is 0 Å². The molecule has 2 bridgehead atoms. The molecule has 0 unspecified atom stereocenters. The molecule has 2 heterocycles. The Morgan fingerprint density at radius 1 is 0.852 bits per heavy atom. The van der Waals surface area contributed by atoms with Gasteiger partial charge < -0.3 is 14.2 Å². The Balaban J connectivity index is 1.82. The van der Waals surface area contributed by atoms with Crippen LogP contribution in [0.4, 0.5) is 0 Å². The van der Waals surface area contributed by atoms with Crippen molar-refractivity contribution in [2.75, 3.05) is 7.11 Å². The Kier molecular flexibility index (Phi) is 3.56. The highest BCUT2D eigenvalue weighted by Gasteiger charge is 2.68. The molecular weight excluding hydrogens is 340 g/mol. The number of hydrogen-bond donors (Lipinski definition) is 0. The van der Waals surface area contributed by atoms with Crippen LogP contribution < -0.4 is 0 Å². The van der Waals surface area contributed by atoms with Gasteiger partial charge in [-0.3, -0.25) is 4.79 Å². The van der Waals surface area contributed by atoms with Crippen molar-refractivity contribution in [2.24, 2.45) is 0 Å². The molecule has 134 valence electrons. The number of ether oxygens (including phenoxy) is 3. The average molecular weight is 358 g/mol. The minimum atomic E-state index is -1.43. The molecule has 0 aromatic heterocycles. The Labute approximate surface area is 157 Å². The molecule has 4 heteroatoms. The van der Waals surface area contributed by atoms with Gasteiger partial charge in [0.1, 0.15) is 6.10 Å². The molecule has 0 aliphatic carbocycles. The van der Waals surface area contributed by atoms with Crippen LogP contribution in [0.25, 0.3) is 0 Å². The van der Waals surface area contributed by atoms with Crippen molar-refractivity contribution in [3.05, 3.63) is 107 Å². The highest BCUT2D eigenvalue weighted by atomic mass is 16.9. The summed E-state index contributed by atoms with van der Waals surface area (Å²) in [7, 11) is 1.54. The summed E-state index contributed by atoms with van der Waals surface area (Å²) >= 11 is 0. The summed E-state index contributed by atoms with van der Waals surface area (Å²) in [5.41, 5.74) is 1.46. The molecule has 1 fully saturated rings. The van der Waals surface area contributed by atoms with Crippen LogP contribution >= 0.6 is 0 Å². The van der Waals surface area contributed by atoms with Gasteiger partial charge in [0.2, 0.25) is 5.78 Å². The molecule has 27 heavy (non-hydrogen) atoms. The smallest absolute Gasteiger partial charge is 0.314 e. The Morgan fingerprint density at radius 3 is 2.19 bits per heavy atom. The first kappa shape index (κ1) is 16.4. The van der Waals surface area contributed by atoms with E-state index in [9.17, 15) is 4.79 Å². The topological polar surface area (TPSA) is 44.8 Å². The molecule has 0 N–H and O–H groups in total. The summed E-state index contributed by atoms with van der Waals surface area (Å²) in [6.07, 6.45) is -0.638. The summed E-state index contributed by atoms with van der Waals surface area (Å²) in [6.45, 7) is 0. The van der Waals surface area contributed by atoms with Crippen LogP contribution in [0.2, 0.25) is 0 Å². The predicted octanol–water partition coefficient (Wildman–Crippen LogP) is 4.32. The molecule has 0 saturated carbocycles. The van der Waals surface area contributed by atoms with Crippen LogP contribution in [0.1, 0.15) is 33.2 Å². The van der Waals surface area contributed by atoms with Crippen molar-refractivity contribution in [3.63, 3.8) is 0 Å². The van der Waals surface area contributed by atoms with Gasteiger partial charge in [-0.2, -0.15) is 0 Å². The Hall–Kier alpha value is -2.79. The van der Waals surface area contributed by atoms with E-state index in [-0.39, 0.29) is 5.78 Å². The molecule has 1 saturated heterocycles. The fraction of sp³-hybridized carbons (Fsp3) is 0.174. The van der Waals surface area contributed by atoms with E-state index in [1.807, 2.05) is 84.9 Å². The average Bonchev–Trinajstić information content (AvgIpc) is 3.08. The number of Topliss-reactive ketones (excluding diaryl/α,β-unsaturated/α-hetero) is 1. The van der Waals surface area contributed by atoms with E-state index in [4.69, 9.17) is 14.2 Å². The van der Waals surface area contributed by atoms with Gasteiger partial charge in [0.05, 0.1) is 5.56 Å². The number of carbonyl (C=O) groups excluding carboxylic acids is 1. The van der Waals surface area contributed by atoms with Crippen LogP contribution in [0.3, 0.4) is 0 Å². The van der Waals surface area contributed by atoms with Crippen molar-refractivity contribution in [2.45, 2.75) is 17.7 Å². The zero-order valence-electron chi connectivity index (χ0n) is 14.8. The van der Waals surface area contributed by atoms with Gasteiger partial charge in [-0.25, -0.2) is 0 Å². The zero-order valence-corrected chi connectivity index (χ0v) is 14.8. The molecule has 3 atom stereocenters. The van der Waals surface area contributed by atoms with E-state index in [0.29, 0.717) is 11.1 Å². The molecule has 3 aromatic rings. The first-order chi connectivity index (χ1) is 13.2. The lowest BCUT2D eigenvalue weighted by molar-refractivity contribution is -0.351. The number of rotatable bonds is 3. The Bertz CT molecular complexity index is 1000. The summed E-state index contributed by atoms with van der Waals surface area (Å²) < 4.78 is 18.6. The maximum Gasteiger partial charge on any atom is 0.314 e. The van der Waals surface area contributed by atoms with Gasteiger partial charge in [0, 0.05) is 12.7 Å². The third-order valence-electron chi connectivity index (χ3n) is 5.35. The van der Waals surface area contributed by atoms with Gasteiger partial charge in [0.15, 0.2) is 5.60 Å². The van der Waals surface area contributed by atoms with Gasteiger partial charge in [0.25, 0.3) is 0 Å². The van der Waals surface area contributed by atoms with Crippen molar-refractivity contribution in [1.82, 2.24) is 0 Å². The van der Waals surface area contributed by atoms with Crippen molar-refractivity contribution < 1.29 is 19.0 Å². The standard InChI is InChI=1S/C23H18O4/c1-25-23-19-15-9-8-14-18(19)20(24)22(27-23,17-12-6-3-7-13-17)21(26-23)16-10-4-2-5-11-16/h2-15,21H,1H3/t21-,22-,23-/m1/s1. The monoisotopic (exact) mass is 358 g/mol. The van der Waals surface area contributed by atoms with Crippen molar-refractivity contribution in [1.29, 1.82) is 0 Å². The van der Waals surface area contributed by atoms with E-state index < -0.39 is 17.7 Å². The van der Waals surface area contributed by atoms with E-state index in [1.54, 1.807) is 0 Å². The first-order valence-electron chi connectivity index (χ1n) is 8.89. The molecule has 0 spiro atoms. The highest BCUT2D eigenvalue weighted by Crippen LogP contribution is 2.60.